The Labute approximate surface area is 108 Å². The maximum absolute atomic E-state index is 13.3. The molecule has 19 heavy (non-hydrogen) atoms. The summed E-state index contributed by atoms with van der Waals surface area (Å²) in [5, 5.41) is 0. The largest absolute Gasteiger partial charge is 0.398 e. The molecule has 1 aromatic rings. The highest BCUT2D eigenvalue weighted by Gasteiger charge is 2.57. The van der Waals surface area contributed by atoms with Gasteiger partial charge >= 0.3 is 6.18 Å². The first kappa shape index (κ1) is 14.2. The highest BCUT2D eigenvalue weighted by atomic mass is 19.4. The van der Waals surface area contributed by atoms with Gasteiger partial charge in [-0.2, -0.15) is 13.2 Å². The van der Waals surface area contributed by atoms with Crippen molar-refractivity contribution in [2.75, 3.05) is 13.1 Å². The van der Waals surface area contributed by atoms with Crippen LogP contribution in [0, 0.1) is 5.92 Å². The summed E-state index contributed by atoms with van der Waals surface area (Å²) in [6.45, 7) is -0.399. The lowest BCUT2D eigenvalue weighted by atomic mass is 9.92. The Balaban J connectivity index is 2.06. The van der Waals surface area contributed by atoms with Crippen molar-refractivity contribution >= 4 is 0 Å². The number of hydrogen-bond acceptors (Lipinski definition) is 1. The van der Waals surface area contributed by atoms with Crippen LogP contribution in [-0.4, -0.2) is 30.1 Å². The van der Waals surface area contributed by atoms with Crippen LogP contribution < -0.4 is 0 Å². The number of benzene rings is 1. The van der Waals surface area contributed by atoms with E-state index in [2.05, 4.69) is 0 Å². The Morgan fingerprint density at radius 2 is 1.79 bits per heavy atom. The van der Waals surface area contributed by atoms with Gasteiger partial charge in [-0.05, 0) is 5.56 Å². The molecule has 0 N–H and O–H groups in total. The molecule has 6 heteroatoms. The van der Waals surface area contributed by atoms with Crippen molar-refractivity contribution in [1.82, 2.24) is 4.90 Å². The van der Waals surface area contributed by atoms with E-state index in [0.717, 1.165) is 5.56 Å². The van der Waals surface area contributed by atoms with Crippen molar-refractivity contribution in [3.63, 3.8) is 0 Å². The smallest absolute Gasteiger partial charge is 0.298 e. The fourth-order valence-corrected chi connectivity index (χ4v) is 2.29. The van der Waals surface area contributed by atoms with Crippen LogP contribution in [0.4, 0.5) is 22.0 Å². The van der Waals surface area contributed by atoms with E-state index < -0.39 is 31.0 Å². The minimum absolute atomic E-state index is 0.0194. The monoisotopic (exact) mass is 279 g/mol. The van der Waals surface area contributed by atoms with E-state index in [1.807, 2.05) is 0 Å². The molecule has 1 heterocycles. The Kier molecular flexibility index (Phi) is 3.80. The van der Waals surface area contributed by atoms with Gasteiger partial charge in [-0.15, -0.1) is 0 Å². The molecular formula is C13H14F5N. The van der Waals surface area contributed by atoms with Crippen molar-refractivity contribution in [3.05, 3.63) is 35.9 Å². The second-order valence-electron chi connectivity index (χ2n) is 4.83. The van der Waals surface area contributed by atoms with Gasteiger partial charge in [0.1, 0.15) is 5.92 Å². The first-order chi connectivity index (χ1) is 8.79. The average Bonchev–Trinajstić information content (AvgIpc) is 2.31. The van der Waals surface area contributed by atoms with E-state index in [-0.39, 0.29) is 13.1 Å². The van der Waals surface area contributed by atoms with Gasteiger partial charge in [0, 0.05) is 26.1 Å². The summed E-state index contributed by atoms with van der Waals surface area (Å²) in [6.07, 6.45) is -5.61. The maximum atomic E-state index is 13.3. The van der Waals surface area contributed by atoms with Gasteiger partial charge in [0.25, 0.3) is 5.92 Å². The van der Waals surface area contributed by atoms with Crippen LogP contribution in [-0.2, 0) is 6.54 Å². The lowest BCUT2D eigenvalue weighted by molar-refractivity contribution is -0.258. The van der Waals surface area contributed by atoms with E-state index in [0.29, 0.717) is 0 Å². The molecule has 1 aliphatic heterocycles. The quantitative estimate of drug-likeness (QED) is 0.746. The normalized spacial score (nSPS) is 24.4. The Bertz CT molecular complexity index is 415. The predicted octanol–water partition coefficient (Wildman–Crippen LogP) is 3.71. The lowest BCUT2D eigenvalue weighted by Crippen LogP contribution is -2.52. The average molecular weight is 279 g/mol. The fraction of sp³-hybridized carbons (Fsp3) is 0.538. The van der Waals surface area contributed by atoms with E-state index in [1.165, 1.54) is 4.90 Å². The molecule has 1 fully saturated rings. The van der Waals surface area contributed by atoms with Crippen molar-refractivity contribution in [2.24, 2.45) is 5.92 Å². The molecule has 0 bridgehead atoms. The highest BCUT2D eigenvalue weighted by molar-refractivity contribution is 5.14. The van der Waals surface area contributed by atoms with E-state index in [4.69, 9.17) is 0 Å². The Hall–Kier alpha value is -1.17. The van der Waals surface area contributed by atoms with Gasteiger partial charge in [0.05, 0.1) is 0 Å². The minimum Gasteiger partial charge on any atom is -0.298 e. The van der Waals surface area contributed by atoms with Crippen LogP contribution in [0.25, 0.3) is 0 Å². The number of nitrogens with zero attached hydrogens (tertiary/aromatic N) is 1. The molecular weight excluding hydrogens is 265 g/mol. The van der Waals surface area contributed by atoms with Crippen LogP contribution in [0.15, 0.2) is 30.3 Å². The second-order valence-corrected chi connectivity index (χ2v) is 4.83. The molecule has 0 aromatic heterocycles. The van der Waals surface area contributed by atoms with Crippen molar-refractivity contribution in [2.45, 2.75) is 25.1 Å². The van der Waals surface area contributed by atoms with Gasteiger partial charge in [0.2, 0.25) is 0 Å². The molecule has 1 unspecified atom stereocenters. The van der Waals surface area contributed by atoms with Crippen molar-refractivity contribution in [1.29, 1.82) is 0 Å². The molecule has 0 spiro atoms. The zero-order valence-electron chi connectivity index (χ0n) is 10.1. The standard InChI is InChI=1S/C13H14F5N/c14-12(15)6-7-19(9-11(12)13(16,17)18)8-10-4-2-1-3-5-10/h1-5,11H,6-9H2. The molecule has 0 amide bonds. The molecule has 1 saturated heterocycles. The van der Waals surface area contributed by atoms with Gasteiger partial charge in [0.15, 0.2) is 0 Å². The lowest BCUT2D eigenvalue weighted by Gasteiger charge is -2.39. The summed E-state index contributed by atoms with van der Waals surface area (Å²) in [4.78, 5) is 1.44. The second kappa shape index (κ2) is 5.07. The first-order valence-electron chi connectivity index (χ1n) is 6.00. The van der Waals surface area contributed by atoms with Crippen LogP contribution in [0.3, 0.4) is 0 Å². The molecule has 1 aromatic carbocycles. The van der Waals surface area contributed by atoms with Gasteiger partial charge < -0.3 is 0 Å². The van der Waals surface area contributed by atoms with Gasteiger partial charge in [-0.1, -0.05) is 30.3 Å². The molecule has 106 valence electrons. The number of alkyl halides is 5. The number of halogens is 5. The Morgan fingerprint density at radius 1 is 1.16 bits per heavy atom. The zero-order chi connectivity index (χ0) is 14.1. The third-order valence-corrected chi connectivity index (χ3v) is 3.36. The molecule has 1 aliphatic rings. The summed E-state index contributed by atoms with van der Waals surface area (Å²) < 4.78 is 64.6. The molecule has 0 saturated carbocycles. The van der Waals surface area contributed by atoms with Crippen molar-refractivity contribution in [3.8, 4) is 0 Å². The van der Waals surface area contributed by atoms with Gasteiger partial charge in [-0.3, -0.25) is 4.90 Å². The number of likely N-dealkylation sites (tertiary alicyclic amines) is 1. The number of rotatable bonds is 2. The van der Waals surface area contributed by atoms with E-state index >= 15 is 0 Å². The predicted molar refractivity (Wildman–Crippen MR) is 60.8 cm³/mol. The zero-order valence-corrected chi connectivity index (χ0v) is 10.1. The Morgan fingerprint density at radius 3 is 2.37 bits per heavy atom. The fourth-order valence-electron chi connectivity index (χ4n) is 2.29. The van der Waals surface area contributed by atoms with Crippen LogP contribution in [0.5, 0.6) is 0 Å². The molecule has 0 radical (unpaired) electrons. The molecule has 0 aliphatic carbocycles. The third-order valence-electron chi connectivity index (χ3n) is 3.36. The summed E-state index contributed by atoms with van der Waals surface area (Å²) in [5.41, 5.74) is 0.827. The summed E-state index contributed by atoms with van der Waals surface area (Å²) in [5.74, 6) is -6.23. The van der Waals surface area contributed by atoms with Crippen LogP contribution >= 0.6 is 0 Å². The molecule has 2 rings (SSSR count). The summed E-state index contributed by atoms with van der Waals surface area (Å²) in [6, 6.07) is 8.89. The molecule has 1 atom stereocenters. The maximum Gasteiger partial charge on any atom is 0.398 e. The SMILES string of the molecule is FC(F)(F)C1CN(Cc2ccccc2)CCC1(F)F. The molecule has 1 nitrogen and oxygen atoms in total. The third kappa shape index (κ3) is 3.43. The number of piperidine rings is 1. The van der Waals surface area contributed by atoms with E-state index in [1.54, 1.807) is 30.3 Å². The van der Waals surface area contributed by atoms with E-state index in [9.17, 15) is 22.0 Å². The van der Waals surface area contributed by atoms with Crippen LogP contribution in [0.1, 0.15) is 12.0 Å². The highest BCUT2D eigenvalue weighted by Crippen LogP contribution is 2.43. The minimum atomic E-state index is -4.86. The summed E-state index contributed by atoms with van der Waals surface area (Å²) in [7, 11) is 0. The van der Waals surface area contributed by atoms with Crippen molar-refractivity contribution < 1.29 is 22.0 Å². The first-order valence-corrected chi connectivity index (χ1v) is 6.00. The topological polar surface area (TPSA) is 3.24 Å². The number of hydrogen-bond donors (Lipinski definition) is 0. The van der Waals surface area contributed by atoms with Crippen LogP contribution in [0.2, 0.25) is 0 Å². The van der Waals surface area contributed by atoms with Gasteiger partial charge in [-0.25, -0.2) is 8.78 Å². The summed E-state index contributed by atoms with van der Waals surface area (Å²) >= 11 is 0.